The average molecular weight is 447 g/mol. The summed E-state index contributed by atoms with van der Waals surface area (Å²) in [6, 6.07) is 15.6. The molecule has 2 heterocycles. The first-order valence-electron chi connectivity index (χ1n) is 11.1. The van der Waals surface area contributed by atoms with Gasteiger partial charge in [0.15, 0.2) is 0 Å². The maximum absolute atomic E-state index is 13.5. The molecule has 7 nitrogen and oxygen atoms in total. The van der Waals surface area contributed by atoms with Crippen molar-refractivity contribution >= 4 is 5.91 Å². The van der Waals surface area contributed by atoms with E-state index < -0.39 is 6.04 Å². The molecule has 1 aliphatic rings. The molecular formula is C26H30N4O3. The van der Waals surface area contributed by atoms with E-state index in [1.807, 2.05) is 51.1 Å². The molecule has 1 aromatic heterocycles. The molecule has 1 N–H and O–H groups in total. The second kappa shape index (κ2) is 9.58. The molecule has 7 heteroatoms. The SMILES string of the molecule is COc1ccccc1-c1ccccc1CN1CCOc2ncncc2C1C(=O)NC(C)(C)C. The Morgan fingerprint density at radius 1 is 1.15 bits per heavy atom. The fourth-order valence-electron chi connectivity index (χ4n) is 4.14. The van der Waals surface area contributed by atoms with E-state index in [9.17, 15) is 4.79 Å². The summed E-state index contributed by atoms with van der Waals surface area (Å²) in [7, 11) is 1.68. The standard InChI is InChI=1S/C26H30N4O3/c1-26(2,3)29-24(31)23-21-15-27-17-28-25(21)33-14-13-30(23)16-18-9-5-6-10-19(18)20-11-7-8-12-22(20)32-4/h5-12,15,17,23H,13-14,16H2,1-4H3,(H,29,31). The van der Waals surface area contributed by atoms with E-state index in [1.165, 1.54) is 6.33 Å². The van der Waals surface area contributed by atoms with Crippen LogP contribution in [0.3, 0.4) is 0 Å². The summed E-state index contributed by atoms with van der Waals surface area (Å²) < 4.78 is 11.5. The Hall–Kier alpha value is -3.45. The van der Waals surface area contributed by atoms with E-state index in [-0.39, 0.29) is 11.4 Å². The van der Waals surface area contributed by atoms with Crippen molar-refractivity contribution in [2.24, 2.45) is 0 Å². The van der Waals surface area contributed by atoms with Gasteiger partial charge in [-0.1, -0.05) is 42.5 Å². The normalized spacial score (nSPS) is 16.3. The number of carbonyl (C=O) groups excluding carboxylic acids is 1. The summed E-state index contributed by atoms with van der Waals surface area (Å²) in [5, 5.41) is 3.13. The first-order chi connectivity index (χ1) is 15.9. The summed E-state index contributed by atoms with van der Waals surface area (Å²) in [6.07, 6.45) is 3.13. The number of hydrogen-bond donors (Lipinski definition) is 1. The van der Waals surface area contributed by atoms with E-state index in [2.05, 4.69) is 38.4 Å². The number of nitrogens with one attached hydrogen (secondary N) is 1. The minimum Gasteiger partial charge on any atom is -0.496 e. The van der Waals surface area contributed by atoms with Crippen LogP contribution in [0.15, 0.2) is 61.1 Å². The largest absolute Gasteiger partial charge is 0.496 e. The molecule has 0 radical (unpaired) electrons. The van der Waals surface area contributed by atoms with Crippen LogP contribution in [0.25, 0.3) is 11.1 Å². The molecule has 1 amide bonds. The number of carbonyl (C=O) groups is 1. The van der Waals surface area contributed by atoms with Gasteiger partial charge in [-0.3, -0.25) is 9.69 Å². The van der Waals surface area contributed by atoms with Crippen LogP contribution in [0.1, 0.15) is 37.9 Å². The number of methoxy groups -OCH3 is 1. The lowest BCUT2D eigenvalue weighted by Crippen LogP contribution is -2.47. The van der Waals surface area contributed by atoms with E-state index in [0.717, 1.165) is 22.4 Å². The van der Waals surface area contributed by atoms with Crippen molar-refractivity contribution in [3.63, 3.8) is 0 Å². The molecule has 1 atom stereocenters. The third-order valence-electron chi connectivity index (χ3n) is 5.51. The van der Waals surface area contributed by atoms with Crippen molar-refractivity contribution < 1.29 is 14.3 Å². The molecule has 0 aliphatic carbocycles. The highest BCUT2D eigenvalue weighted by Gasteiger charge is 2.35. The number of rotatable bonds is 5. The predicted octanol–water partition coefficient (Wildman–Crippen LogP) is 4.00. The lowest BCUT2D eigenvalue weighted by atomic mass is 9.97. The predicted molar refractivity (Wildman–Crippen MR) is 127 cm³/mol. The topological polar surface area (TPSA) is 76.6 Å². The molecule has 0 saturated heterocycles. The minimum absolute atomic E-state index is 0.0983. The molecule has 0 saturated carbocycles. The fourth-order valence-corrected chi connectivity index (χ4v) is 4.14. The summed E-state index contributed by atoms with van der Waals surface area (Å²) in [4.78, 5) is 24.1. The van der Waals surface area contributed by atoms with E-state index in [0.29, 0.717) is 31.1 Å². The molecule has 1 unspecified atom stereocenters. The fraction of sp³-hybridized carbons (Fsp3) is 0.346. The first kappa shape index (κ1) is 22.7. The maximum atomic E-state index is 13.5. The molecule has 172 valence electrons. The Balaban J connectivity index is 1.74. The third-order valence-corrected chi connectivity index (χ3v) is 5.51. The van der Waals surface area contributed by atoms with Gasteiger partial charge >= 0.3 is 0 Å². The number of aromatic nitrogens is 2. The number of fused-ring (bicyclic) bond motifs is 1. The van der Waals surface area contributed by atoms with Crippen LogP contribution in [0, 0.1) is 0 Å². The van der Waals surface area contributed by atoms with Gasteiger partial charge in [-0.2, -0.15) is 0 Å². The van der Waals surface area contributed by atoms with Crippen LogP contribution < -0.4 is 14.8 Å². The molecule has 0 spiro atoms. The summed E-state index contributed by atoms with van der Waals surface area (Å²) >= 11 is 0. The number of amides is 1. The number of para-hydroxylation sites is 1. The first-order valence-corrected chi connectivity index (χ1v) is 11.1. The van der Waals surface area contributed by atoms with E-state index in [1.54, 1.807) is 13.3 Å². The van der Waals surface area contributed by atoms with Crippen molar-refractivity contribution in [2.75, 3.05) is 20.3 Å². The molecule has 4 rings (SSSR count). The monoisotopic (exact) mass is 446 g/mol. The Labute approximate surface area is 194 Å². The van der Waals surface area contributed by atoms with Crippen molar-refractivity contribution in [3.05, 3.63) is 72.2 Å². The molecule has 2 aromatic carbocycles. The number of nitrogens with zero attached hydrogens (tertiary/aromatic N) is 3. The Morgan fingerprint density at radius 2 is 1.88 bits per heavy atom. The van der Waals surface area contributed by atoms with Crippen LogP contribution >= 0.6 is 0 Å². The van der Waals surface area contributed by atoms with E-state index >= 15 is 0 Å². The molecule has 0 bridgehead atoms. The van der Waals surface area contributed by atoms with Gasteiger partial charge in [0.25, 0.3) is 0 Å². The van der Waals surface area contributed by atoms with Crippen LogP contribution in [0.2, 0.25) is 0 Å². The van der Waals surface area contributed by atoms with Gasteiger partial charge in [0.1, 0.15) is 24.7 Å². The van der Waals surface area contributed by atoms with Crippen molar-refractivity contribution in [1.29, 1.82) is 0 Å². The number of benzene rings is 2. The van der Waals surface area contributed by atoms with Gasteiger partial charge in [0, 0.05) is 30.4 Å². The third kappa shape index (κ3) is 5.14. The summed E-state index contributed by atoms with van der Waals surface area (Å²) in [5.74, 6) is 1.17. The maximum Gasteiger partial charge on any atom is 0.242 e. The average Bonchev–Trinajstić information content (AvgIpc) is 2.97. The molecule has 3 aromatic rings. The smallest absolute Gasteiger partial charge is 0.242 e. The summed E-state index contributed by atoms with van der Waals surface area (Å²) in [6.45, 7) is 7.47. The zero-order valence-electron chi connectivity index (χ0n) is 19.5. The highest BCUT2D eigenvalue weighted by atomic mass is 16.5. The Bertz CT molecular complexity index is 1130. The number of ether oxygens (including phenoxy) is 2. The van der Waals surface area contributed by atoms with Gasteiger partial charge in [-0.05, 0) is 38.0 Å². The Morgan fingerprint density at radius 3 is 2.64 bits per heavy atom. The second-order valence-electron chi connectivity index (χ2n) is 9.10. The van der Waals surface area contributed by atoms with Crippen molar-refractivity contribution in [2.45, 2.75) is 38.9 Å². The summed E-state index contributed by atoms with van der Waals surface area (Å²) in [5.41, 5.74) is 3.48. The van der Waals surface area contributed by atoms with Gasteiger partial charge in [-0.25, -0.2) is 9.97 Å². The van der Waals surface area contributed by atoms with Crippen LogP contribution in [-0.2, 0) is 11.3 Å². The van der Waals surface area contributed by atoms with Gasteiger partial charge in [0.2, 0.25) is 11.8 Å². The number of hydrogen-bond acceptors (Lipinski definition) is 6. The van der Waals surface area contributed by atoms with Gasteiger partial charge < -0.3 is 14.8 Å². The quantitative estimate of drug-likeness (QED) is 0.638. The Kier molecular flexibility index (Phi) is 6.60. The molecule has 33 heavy (non-hydrogen) atoms. The zero-order valence-corrected chi connectivity index (χ0v) is 19.5. The van der Waals surface area contributed by atoms with Gasteiger partial charge in [-0.15, -0.1) is 0 Å². The zero-order chi connectivity index (χ0) is 23.4. The highest BCUT2D eigenvalue weighted by Crippen LogP contribution is 2.36. The second-order valence-corrected chi connectivity index (χ2v) is 9.10. The lowest BCUT2D eigenvalue weighted by Gasteiger charge is -2.32. The molecule has 0 fully saturated rings. The van der Waals surface area contributed by atoms with Crippen LogP contribution in [0.5, 0.6) is 11.6 Å². The van der Waals surface area contributed by atoms with Crippen LogP contribution in [-0.4, -0.2) is 46.6 Å². The van der Waals surface area contributed by atoms with Crippen LogP contribution in [0.4, 0.5) is 0 Å². The van der Waals surface area contributed by atoms with Crippen molar-refractivity contribution in [3.8, 4) is 22.8 Å². The minimum atomic E-state index is -0.575. The molecule has 1 aliphatic heterocycles. The lowest BCUT2D eigenvalue weighted by molar-refractivity contribution is -0.128. The molecular weight excluding hydrogens is 416 g/mol. The van der Waals surface area contributed by atoms with Gasteiger partial charge in [0.05, 0.1) is 12.7 Å². The highest BCUT2D eigenvalue weighted by molar-refractivity contribution is 5.84. The van der Waals surface area contributed by atoms with E-state index in [4.69, 9.17) is 9.47 Å². The van der Waals surface area contributed by atoms with Crippen molar-refractivity contribution in [1.82, 2.24) is 20.2 Å².